The second kappa shape index (κ2) is 9.89. The smallest absolute Gasteiger partial charge is 0.435 e. The van der Waals surface area contributed by atoms with Crippen molar-refractivity contribution in [3.05, 3.63) is 53.4 Å². The molecule has 172 valence electrons. The Morgan fingerprint density at radius 2 is 1.97 bits per heavy atom. The number of benzene rings is 1. The van der Waals surface area contributed by atoms with E-state index in [2.05, 4.69) is 25.4 Å². The van der Waals surface area contributed by atoms with E-state index in [0.717, 1.165) is 5.69 Å². The fraction of sp³-hybridized carbons (Fsp3) is 0.350. The molecule has 13 heteroatoms. The lowest BCUT2D eigenvalue weighted by Gasteiger charge is -2.31. The average molecular weight is 454 g/mol. The van der Waals surface area contributed by atoms with E-state index in [9.17, 15) is 14.9 Å². The molecule has 2 aromatic heterocycles. The summed E-state index contributed by atoms with van der Waals surface area (Å²) in [4.78, 5) is 36.9. The van der Waals surface area contributed by atoms with Gasteiger partial charge in [0.05, 0.1) is 17.2 Å². The highest BCUT2D eigenvalue weighted by atomic mass is 16.7. The lowest BCUT2D eigenvalue weighted by molar-refractivity contribution is -0.383. The second-order valence-corrected chi connectivity index (χ2v) is 7.15. The van der Waals surface area contributed by atoms with Crippen molar-refractivity contribution in [2.75, 3.05) is 29.9 Å². The second-order valence-electron chi connectivity index (χ2n) is 7.15. The SMILES string of the molecule is CCOC(=O)OC1CCN(c2ncnc(Nc3ccc(-n4cncn4)cc3)c2[N+](=O)[O-])CC1. The van der Waals surface area contributed by atoms with Gasteiger partial charge in [0.15, 0.2) is 0 Å². The van der Waals surface area contributed by atoms with Crippen molar-refractivity contribution in [3.63, 3.8) is 0 Å². The maximum atomic E-state index is 11.9. The van der Waals surface area contributed by atoms with E-state index in [4.69, 9.17) is 9.47 Å². The zero-order chi connectivity index (χ0) is 23.2. The Morgan fingerprint density at radius 1 is 1.21 bits per heavy atom. The molecule has 0 bridgehead atoms. The van der Waals surface area contributed by atoms with Crippen molar-refractivity contribution in [1.82, 2.24) is 24.7 Å². The highest BCUT2D eigenvalue weighted by Crippen LogP contribution is 2.35. The number of rotatable bonds is 7. The number of nitrogens with one attached hydrogen (secondary N) is 1. The summed E-state index contributed by atoms with van der Waals surface area (Å²) >= 11 is 0. The van der Waals surface area contributed by atoms with Crippen LogP contribution in [0.25, 0.3) is 5.69 Å². The predicted octanol–water partition coefficient (Wildman–Crippen LogP) is 2.85. The van der Waals surface area contributed by atoms with Crippen LogP contribution < -0.4 is 10.2 Å². The zero-order valence-corrected chi connectivity index (χ0v) is 17.8. The fourth-order valence-corrected chi connectivity index (χ4v) is 3.51. The third-order valence-electron chi connectivity index (χ3n) is 5.07. The average Bonchev–Trinajstić information content (AvgIpc) is 3.35. The first-order valence-corrected chi connectivity index (χ1v) is 10.3. The Hall–Kier alpha value is -4.29. The van der Waals surface area contributed by atoms with E-state index < -0.39 is 11.1 Å². The van der Waals surface area contributed by atoms with E-state index in [1.165, 1.54) is 12.7 Å². The van der Waals surface area contributed by atoms with Crippen LogP contribution >= 0.6 is 0 Å². The van der Waals surface area contributed by atoms with Crippen LogP contribution in [-0.4, -0.2) is 61.6 Å². The summed E-state index contributed by atoms with van der Waals surface area (Å²) in [5, 5.41) is 19.0. The monoisotopic (exact) mass is 454 g/mol. The molecule has 1 aromatic carbocycles. The third-order valence-corrected chi connectivity index (χ3v) is 5.07. The van der Waals surface area contributed by atoms with Crippen LogP contribution in [0.15, 0.2) is 43.2 Å². The number of hydrogen-bond donors (Lipinski definition) is 1. The molecule has 4 rings (SSSR count). The summed E-state index contributed by atoms with van der Waals surface area (Å²) in [5.74, 6) is 0.301. The lowest BCUT2D eigenvalue weighted by Crippen LogP contribution is -2.38. The van der Waals surface area contributed by atoms with Gasteiger partial charge in [0.25, 0.3) is 0 Å². The first-order valence-electron chi connectivity index (χ1n) is 10.3. The van der Waals surface area contributed by atoms with Crippen LogP contribution in [0, 0.1) is 10.1 Å². The fourth-order valence-electron chi connectivity index (χ4n) is 3.51. The number of carbonyl (C=O) groups is 1. The van der Waals surface area contributed by atoms with Crippen molar-refractivity contribution in [1.29, 1.82) is 0 Å². The molecular weight excluding hydrogens is 432 g/mol. The molecule has 1 saturated heterocycles. The van der Waals surface area contributed by atoms with Gasteiger partial charge >= 0.3 is 11.8 Å². The molecule has 0 radical (unpaired) electrons. The van der Waals surface area contributed by atoms with E-state index in [0.29, 0.717) is 31.6 Å². The van der Waals surface area contributed by atoms with Gasteiger partial charge in [0.2, 0.25) is 11.6 Å². The van der Waals surface area contributed by atoms with Crippen molar-refractivity contribution in [2.24, 2.45) is 0 Å². The third kappa shape index (κ3) is 5.14. The summed E-state index contributed by atoms with van der Waals surface area (Å²) in [7, 11) is 0. The van der Waals surface area contributed by atoms with Crippen LogP contribution in [0.1, 0.15) is 19.8 Å². The van der Waals surface area contributed by atoms with Crippen LogP contribution in [0.4, 0.5) is 27.8 Å². The van der Waals surface area contributed by atoms with Gasteiger partial charge in [-0.05, 0) is 31.2 Å². The van der Waals surface area contributed by atoms with Gasteiger partial charge in [-0.3, -0.25) is 10.1 Å². The van der Waals surface area contributed by atoms with Crippen molar-refractivity contribution in [2.45, 2.75) is 25.9 Å². The molecule has 13 nitrogen and oxygen atoms in total. The highest BCUT2D eigenvalue weighted by molar-refractivity contribution is 5.74. The standard InChI is InChI=1S/C20H22N8O5/c1-2-32-20(29)33-16-7-9-26(10-8-16)19-17(28(30)31)18(22-12-23-19)25-14-3-5-15(6-4-14)27-13-21-11-24-27/h3-6,11-13,16H,2,7-10H2,1H3,(H,22,23,25). The summed E-state index contributed by atoms with van der Waals surface area (Å²) in [6.07, 6.45) is 4.30. The molecular formula is C20H22N8O5. The Labute approximate surface area is 188 Å². The molecule has 1 N–H and O–H groups in total. The van der Waals surface area contributed by atoms with E-state index in [1.807, 2.05) is 0 Å². The lowest BCUT2D eigenvalue weighted by atomic mass is 10.1. The van der Waals surface area contributed by atoms with Crippen LogP contribution in [0.3, 0.4) is 0 Å². The number of nitrogens with zero attached hydrogens (tertiary/aromatic N) is 7. The number of aromatic nitrogens is 5. The zero-order valence-electron chi connectivity index (χ0n) is 17.8. The normalized spacial score (nSPS) is 14.0. The number of piperidine rings is 1. The van der Waals surface area contributed by atoms with Crippen LogP contribution in [0.5, 0.6) is 0 Å². The van der Waals surface area contributed by atoms with Gasteiger partial charge in [-0.25, -0.2) is 24.4 Å². The number of hydrogen-bond acceptors (Lipinski definition) is 11. The quantitative estimate of drug-likeness (QED) is 0.319. The predicted molar refractivity (Wildman–Crippen MR) is 117 cm³/mol. The van der Waals surface area contributed by atoms with Gasteiger partial charge in [0.1, 0.15) is 25.1 Å². The maximum Gasteiger partial charge on any atom is 0.508 e. The van der Waals surface area contributed by atoms with Gasteiger partial charge in [-0.15, -0.1) is 0 Å². The molecule has 0 spiro atoms. The number of ether oxygens (including phenoxy) is 2. The van der Waals surface area contributed by atoms with Crippen molar-refractivity contribution >= 4 is 29.2 Å². The minimum Gasteiger partial charge on any atom is -0.435 e. The Bertz CT molecular complexity index is 1100. The van der Waals surface area contributed by atoms with Gasteiger partial charge in [-0.2, -0.15) is 5.10 Å². The Morgan fingerprint density at radius 3 is 2.61 bits per heavy atom. The number of anilines is 3. The Kier molecular flexibility index (Phi) is 6.57. The Balaban J connectivity index is 1.48. The molecule has 0 unspecified atom stereocenters. The van der Waals surface area contributed by atoms with Gasteiger partial charge in [0, 0.05) is 31.6 Å². The molecule has 0 atom stereocenters. The van der Waals surface area contributed by atoms with Crippen molar-refractivity contribution < 1.29 is 19.2 Å². The van der Waals surface area contributed by atoms with E-state index in [-0.39, 0.29) is 30.0 Å². The molecule has 0 saturated carbocycles. The molecule has 33 heavy (non-hydrogen) atoms. The highest BCUT2D eigenvalue weighted by Gasteiger charge is 2.31. The molecule has 3 heterocycles. The van der Waals surface area contributed by atoms with Gasteiger partial charge in [-0.1, -0.05) is 0 Å². The first kappa shape index (κ1) is 21.9. The molecule has 0 amide bonds. The molecule has 1 aliphatic rings. The molecule has 0 aliphatic carbocycles. The topological polar surface area (TPSA) is 150 Å². The minimum absolute atomic E-state index is 0.0865. The van der Waals surface area contributed by atoms with Crippen LogP contribution in [0.2, 0.25) is 0 Å². The van der Waals surface area contributed by atoms with Gasteiger partial charge < -0.3 is 19.7 Å². The number of carbonyl (C=O) groups excluding carboxylic acids is 1. The summed E-state index contributed by atoms with van der Waals surface area (Å²) in [6.45, 7) is 2.82. The maximum absolute atomic E-state index is 11.9. The van der Waals surface area contributed by atoms with E-state index in [1.54, 1.807) is 47.1 Å². The molecule has 3 aromatic rings. The van der Waals surface area contributed by atoms with E-state index >= 15 is 0 Å². The minimum atomic E-state index is -0.703. The molecule has 1 aliphatic heterocycles. The largest absolute Gasteiger partial charge is 0.508 e. The summed E-state index contributed by atoms with van der Waals surface area (Å²) < 4.78 is 11.7. The summed E-state index contributed by atoms with van der Waals surface area (Å²) in [5.41, 5.74) is 1.19. The molecule has 1 fully saturated rings. The summed E-state index contributed by atoms with van der Waals surface area (Å²) in [6, 6.07) is 7.14. The first-order chi connectivity index (χ1) is 16.0. The van der Waals surface area contributed by atoms with Crippen molar-refractivity contribution in [3.8, 4) is 5.69 Å². The number of nitro groups is 1. The van der Waals surface area contributed by atoms with Crippen LogP contribution in [-0.2, 0) is 9.47 Å².